The topological polar surface area (TPSA) is 6.48 Å². The Bertz CT molecular complexity index is 482. The molecule has 0 aromatic heterocycles. The SMILES string of the molecule is CCCCCCCCN1C=CN(CCCCCCC)C1c1ccccc1. The molecule has 0 saturated heterocycles. The van der Waals surface area contributed by atoms with Gasteiger partial charge in [-0.2, -0.15) is 0 Å². The van der Waals surface area contributed by atoms with Crippen LogP contribution in [0.5, 0.6) is 0 Å². The van der Waals surface area contributed by atoms with Gasteiger partial charge in [-0.3, -0.25) is 0 Å². The Morgan fingerprint density at radius 2 is 1.08 bits per heavy atom. The van der Waals surface area contributed by atoms with E-state index in [1.165, 1.54) is 89.3 Å². The van der Waals surface area contributed by atoms with Gasteiger partial charge < -0.3 is 9.80 Å². The average molecular weight is 357 g/mol. The normalized spacial score (nSPS) is 16.6. The predicted octanol–water partition coefficient (Wildman–Crippen LogP) is 7.10. The van der Waals surface area contributed by atoms with Crippen LogP contribution in [0.1, 0.15) is 96.2 Å². The van der Waals surface area contributed by atoms with Crippen molar-refractivity contribution in [1.29, 1.82) is 0 Å². The molecule has 146 valence electrons. The summed E-state index contributed by atoms with van der Waals surface area (Å²) < 4.78 is 0. The maximum Gasteiger partial charge on any atom is 0.127 e. The summed E-state index contributed by atoms with van der Waals surface area (Å²) in [6, 6.07) is 11.1. The van der Waals surface area contributed by atoms with Crippen molar-refractivity contribution in [2.45, 2.75) is 90.6 Å². The first-order valence-corrected chi connectivity index (χ1v) is 11.1. The van der Waals surface area contributed by atoms with E-state index in [1.54, 1.807) is 0 Å². The van der Waals surface area contributed by atoms with Crippen LogP contribution in [0.2, 0.25) is 0 Å². The molecule has 0 amide bonds. The number of hydrogen-bond acceptors (Lipinski definition) is 2. The van der Waals surface area contributed by atoms with Crippen LogP contribution in [0.15, 0.2) is 42.7 Å². The lowest BCUT2D eigenvalue weighted by atomic mass is 10.1. The Hall–Kier alpha value is -1.44. The van der Waals surface area contributed by atoms with Gasteiger partial charge in [0, 0.05) is 25.5 Å². The third kappa shape index (κ3) is 7.05. The second kappa shape index (κ2) is 12.8. The molecule has 1 heterocycles. The van der Waals surface area contributed by atoms with Crippen molar-refractivity contribution in [3.63, 3.8) is 0 Å². The summed E-state index contributed by atoms with van der Waals surface area (Å²) in [5.74, 6) is 0. The van der Waals surface area contributed by atoms with Gasteiger partial charge in [0.1, 0.15) is 6.17 Å². The maximum atomic E-state index is 2.56. The predicted molar refractivity (Wildman–Crippen MR) is 114 cm³/mol. The molecule has 0 bridgehead atoms. The highest BCUT2D eigenvalue weighted by Crippen LogP contribution is 2.31. The van der Waals surface area contributed by atoms with Crippen LogP contribution < -0.4 is 0 Å². The Morgan fingerprint density at radius 1 is 0.615 bits per heavy atom. The molecule has 1 aromatic carbocycles. The highest BCUT2D eigenvalue weighted by atomic mass is 15.4. The van der Waals surface area contributed by atoms with Crippen LogP contribution in [0, 0.1) is 0 Å². The van der Waals surface area contributed by atoms with Gasteiger partial charge in [-0.05, 0) is 18.4 Å². The van der Waals surface area contributed by atoms with E-state index in [1.807, 2.05) is 0 Å². The van der Waals surface area contributed by atoms with Crippen LogP contribution in [0.4, 0.5) is 0 Å². The first-order chi connectivity index (χ1) is 12.9. The van der Waals surface area contributed by atoms with Crippen LogP contribution in [-0.2, 0) is 0 Å². The van der Waals surface area contributed by atoms with Gasteiger partial charge in [-0.1, -0.05) is 102 Å². The van der Waals surface area contributed by atoms with E-state index in [0.717, 1.165) is 0 Å². The number of hydrogen-bond donors (Lipinski definition) is 0. The summed E-state index contributed by atoms with van der Waals surface area (Å²) >= 11 is 0. The quantitative estimate of drug-likeness (QED) is 0.328. The molecule has 0 spiro atoms. The molecule has 1 aromatic rings. The fourth-order valence-electron chi connectivity index (χ4n) is 3.90. The lowest BCUT2D eigenvalue weighted by Crippen LogP contribution is -2.32. The molecule has 2 heteroatoms. The molecule has 1 aliphatic heterocycles. The van der Waals surface area contributed by atoms with E-state index in [2.05, 4.69) is 66.4 Å². The zero-order chi connectivity index (χ0) is 18.5. The largest absolute Gasteiger partial charge is 0.352 e. The number of benzene rings is 1. The summed E-state index contributed by atoms with van der Waals surface area (Å²) in [4.78, 5) is 5.11. The van der Waals surface area contributed by atoms with E-state index >= 15 is 0 Å². The fourth-order valence-corrected chi connectivity index (χ4v) is 3.90. The highest BCUT2D eigenvalue weighted by Gasteiger charge is 2.26. The van der Waals surface area contributed by atoms with Crippen molar-refractivity contribution in [2.75, 3.05) is 13.1 Å². The molecule has 1 unspecified atom stereocenters. The molecule has 0 fully saturated rings. The molecule has 1 aliphatic rings. The van der Waals surface area contributed by atoms with E-state index in [-0.39, 0.29) is 0 Å². The lowest BCUT2D eigenvalue weighted by Gasteiger charge is -2.33. The van der Waals surface area contributed by atoms with Crippen molar-refractivity contribution < 1.29 is 0 Å². The zero-order valence-corrected chi connectivity index (χ0v) is 17.2. The maximum absolute atomic E-state index is 2.56. The average Bonchev–Trinajstić information content (AvgIpc) is 3.08. The van der Waals surface area contributed by atoms with Gasteiger partial charge in [0.25, 0.3) is 0 Å². The van der Waals surface area contributed by atoms with Crippen LogP contribution in [0.3, 0.4) is 0 Å². The molecule has 1 atom stereocenters. The van der Waals surface area contributed by atoms with Gasteiger partial charge in [0.05, 0.1) is 0 Å². The number of nitrogens with zero attached hydrogens (tertiary/aromatic N) is 2. The Labute approximate surface area is 162 Å². The Kier molecular flexibility index (Phi) is 10.3. The monoisotopic (exact) mass is 356 g/mol. The summed E-state index contributed by atoms with van der Waals surface area (Å²) in [6.45, 7) is 6.92. The molecule has 26 heavy (non-hydrogen) atoms. The minimum absolute atomic E-state index is 0.401. The first-order valence-electron chi connectivity index (χ1n) is 11.1. The molecular weight excluding hydrogens is 316 g/mol. The third-order valence-electron chi connectivity index (χ3n) is 5.47. The van der Waals surface area contributed by atoms with Crippen molar-refractivity contribution >= 4 is 0 Å². The molecule has 2 nitrogen and oxygen atoms in total. The van der Waals surface area contributed by atoms with Crippen LogP contribution in [0.25, 0.3) is 0 Å². The van der Waals surface area contributed by atoms with Crippen molar-refractivity contribution in [2.24, 2.45) is 0 Å². The molecule has 0 N–H and O–H groups in total. The Balaban J connectivity index is 1.83. The molecule has 0 saturated carbocycles. The van der Waals surface area contributed by atoms with Gasteiger partial charge in [-0.25, -0.2) is 0 Å². The summed E-state index contributed by atoms with van der Waals surface area (Å²) in [7, 11) is 0. The lowest BCUT2D eigenvalue weighted by molar-refractivity contribution is 0.150. The van der Waals surface area contributed by atoms with E-state index < -0.39 is 0 Å². The van der Waals surface area contributed by atoms with Crippen molar-refractivity contribution in [3.05, 3.63) is 48.3 Å². The van der Waals surface area contributed by atoms with Gasteiger partial charge in [-0.15, -0.1) is 0 Å². The van der Waals surface area contributed by atoms with Gasteiger partial charge >= 0.3 is 0 Å². The minimum Gasteiger partial charge on any atom is -0.352 e. The molecule has 0 radical (unpaired) electrons. The molecule has 2 rings (SSSR count). The second-order valence-corrected chi connectivity index (χ2v) is 7.74. The number of unbranched alkanes of at least 4 members (excludes halogenated alkanes) is 9. The third-order valence-corrected chi connectivity index (χ3v) is 5.47. The van der Waals surface area contributed by atoms with Crippen molar-refractivity contribution in [1.82, 2.24) is 9.80 Å². The summed E-state index contributed by atoms with van der Waals surface area (Å²) in [5.41, 5.74) is 1.43. The minimum atomic E-state index is 0.401. The van der Waals surface area contributed by atoms with Gasteiger partial charge in [0.2, 0.25) is 0 Å². The standard InChI is InChI=1S/C24H40N2/c1-3-5-7-9-11-16-20-26-22-21-25(19-15-10-8-6-4-2)24(26)23-17-13-12-14-18-23/h12-14,17-18,21-22,24H,3-11,15-16,19-20H2,1-2H3. The summed E-state index contributed by atoms with van der Waals surface area (Å²) in [6.07, 6.45) is 20.0. The fraction of sp³-hybridized carbons (Fsp3) is 0.667. The van der Waals surface area contributed by atoms with E-state index in [4.69, 9.17) is 0 Å². The number of rotatable bonds is 14. The summed E-state index contributed by atoms with van der Waals surface area (Å²) in [5, 5.41) is 0. The molecular formula is C24H40N2. The second-order valence-electron chi connectivity index (χ2n) is 7.74. The van der Waals surface area contributed by atoms with E-state index in [0.29, 0.717) is 6.17 Å². The molecule has 0 aliphatic carbocycles. The Morgan fingerprint density at radius 3 is 1.58 bits per heavy atom. The van der Waals surface area contributed by atoms with Gasteiger partial charge in [0.15, 0.2) is 0 Å². The van der Waals surface area contributed by atoms with E-state index in [9.17, 15) is 0 Å². The van der Waals surface area contributed by atoms with Crippen molar-refractivity contribution in [3.8, 4) is 0 Å². The smallest absolute Gasteiger partial charge is 0.127 e. The zero-order valence-electron chi connectivity index (χ0n) is 17.2. The van der Waals surface area contributed by atoms with Crippen LogP contribution in [-0.4, -0.2) is 22.9 Å². The first kappa shape index (κ1) is 20.9. The highest BCUT2D eigenvalue weighted by molar-refractivity contribution is 5.21. The van der Waals surface area contributed by atoms with Crippen LogP contribution >= 0.6 is 0 Å².